The van der Waals surface area contributed by atoms with Gasteiger partial charge in [0.1, 0.15) is 5.82 Å². The van der Waals surface area contributed by atoms with Crippen molar-refractivity contribution in [2.24, 2.45) is 7.05 Å². The molecule has 1 aromatic carbocycles. The molecule has 0 unspecified atom stereocenters. The number of hydrogen-bond acceptors (Lipinski definition) is 4. The van der Waals surface area contributed by atoms with Crippen molar-refractivity contribution >= 4 is 15.9 Å². The molecule has 9 heteroatoms. The summed E-state index contributed by atoms with van der Waals surface area (Å²) in [6, 6.07) is 4.99. The molecule has 0 atom stereocenters. The molecule has 0 bridgehead atoms. The third-order valence-electron chi connectivity index (χ3n) is 5.27. The molecule has 1 saturated heterocycles. The molecule has 0 N–H and O–H groups in total. The summed E-state index contributed by atoms with van der Waals surface area (Å²) in [6.07, 6.45) is 0.982. The number of rotatable bonds is 5. The van der Waals surface area contributed by atoms with Crippen LogP contribution in [0.3, 0.4) is 0 Å². The number of aryl methyl sites for hydroxylation is 2. The van der Waals surface area contributed by atoms with E-state index in [9.17, 15) is 17.6 Å². The van der Waals surface area contributed by atoms with Gasteiger partial charge < -0.3 is 4.90 Å². The smallest absolute Gasteiger partial charge is 0.243 e. The van der Waals surface area contributed by atoms with Crippen LogP contribution in [-0.4, -0.2) is 59.5 Å². The van der Waals surface area contributed by atoms with Crippen LogP contribution >= 0.6 is 0 Å². The van der Waals surface area contributed by atoms with Gasteiger partial charge in [-0.2, -0.15) is 9.40 Å². The van der Waals surface area contributed by atoms with Crippen LogP contribution in [0.2, 0.25) is 0 Å². The number of carbonyl (C=O) groups excluding carboxylic acids is 1. The number of aromatic nitrogens is 2. The first kappa shape index (κ1) is 20.5. The van der Waals surface area contributed by atoms with E-state index in [-0.39, 0.29) is 23.9 Å². The predicted octanol–water partition coefficient (Wildman–Crippen LogP) is 1.64. The third kappa shape index (κ3) is 4.10. The monoisotopic (exact) mass is 408 g/mol. The zero-order chi connectivity index (χ0) is 20.5. The van der Waals surface area contributed by atoms with E-state index in [1.165, 1.54) is 22.5 Å². The van der Waals surface area contributed by atoms with E-state index in [1.807, 2.05) is 25.6 Å². The molecule has 0 spiro atoms. The number of carbonyl (C=O) groups is 1. The van der Waals surface area contributed by atoms with Gasteiger partial charge in [0.05, 0.1) is 10.6 Å². The minimum Gasteiger partial charge on any atom is -0.340 e. The molecule has 2 aromatic rings. The number of amides is 1. The minimum absolute atomic E-state index is 0.00505. The number of nitrogens with zero attached hydrogens (tertiary/aromatic N) is 4. The Kier molecular flexibility index (Phi) is 5.85. The summed E-state index contributed by atoms with van der Waals surface area (Å²) in [5.41, 5.74) is 3.07. The van der Waals surface area contributed by atoms with Crippen molar-refractivity contribution in [3.8, 4) is 0 Å². The lowest BCUT2D eigenvalue weighted by Crippen LogP contribution is -2.50. The van der Waals surface area contributed by atoms with E-state index < -0.39 is 15.8 Å². The molecule has 7 nitrogen and oxygen atoms in total. The van der Waals surface area contributed by atoms with E-state index in [0.717, 1.165) is 23.0 Å². The first-order chi connectivity index (χ1) is 13.2. The van der Waals surface area contributed by atoms with E-state index in [4.69, 9.17) is 0 Å². The van der Waals surface area contributed by atoms with E-state index in [2.05, 4.69) is 5.10 Å². The van der Waals surface area contributed by atoms with Crippen LogP contribution in [0.5, 0.6) is 0 Å². The first-order valence-electron chi connectivity index (χ1n) is 9.22. The molecule has 1 fully saturated rings. The van der Waals surface area contributed by atoms with Gasteiger partial charge in [-0.25, -0.2) is 12.8 Å². The van der Waals surface area contributed by atoms with Crippen molar-refractivity contribution in [1.82, 2.24) is 19.0 Å². The molecular weight excluding hydrogens is 383 g/mol. The summed E-state index contributed by atoms with van der Waals surface area (Å²) >= 11 is 0. The van der Waals surface area contributed by atoms with Gasteiger partial charge in [-0.3, -0.25) is 9.48 Å². The van der Waals surface area contributed by atoms with Crippen molar-refractivity contribution in [2.75, 3.05) is 26.2 Å². The fourth-order valence-corrected chi connectivity index (χ4v) is 4.98. The van der Waals surface area contributed by atoms with Crippen molar-refractivity contribution in [2.45, 2.75) is 31.6 Å². The molecule has 0 radical (unpaired) electrons. The van der Waals surface area contributed by atoms with Crippen molar-refractivity contribution < 1.29 is 17.6 Å². The number of piperazine rings is 1. The molecule has 3 rings (SSSR count). The number of benzene rings is 1. The van der Waals surface area contributed by atoms with E-state index in [0.29, 0.717) is 25.9 Å². The van der Waals surface area contributed by atoms with Gasteiger partial charge in [0.25, 0.3) is 0 Å². The summed E-state index contributed by atoms with van der Waals surface area (Å²) in [6.45, 7) is 4.99. The Hall–Kier alpha value is -2.26. The van der Waals surface area contributed by atoms with E-state index >= 15 is 0 Å². The third-order valence-corrected chi connectivity index (χ3v) is 7.17. The Morgan fingerprint density at radius 3 is 2.43 bits per heavy atom. The lowest BCUT2D eigenvalue weighted by atomic mass is 10.1. The molecule has 1 aliphatic heterocycles. The van der Waals surface area contributed by atoms with Crippen molar-refractivity contribution in [3.05, 3.63) is 47.0 Å². The van der Waals surface area contributed by atoms with Crippen LogP contribution in [0.15, 0.2) is 29.2 Å². The average molecular weight is 408 g/mol. The second-order valence-electron chi connectivity index (χ2n) is 7.02. The standard InChI is InChI=1S/C19H25FN4O3S/c1-14-18(15(2)22(3)21-14)7-8-19(25)23-9-11-24(12-10-23)28(26,27)17-6-4-5-16(20)13-17/h4-6,13H,7-12H2,1-3H3. The largest absolute Gasteiger partial charge is 0.340 e. The molecule has 0 saturated carbocycles. The average Bonchev–Trinajstić information content (AvgIpc) is 2.91. The fraction of sp³-hybridized carbons (Fsp3) is 0.474. The maximum Gasteiger partial charge on any atom is 0.243 e. The topological polar surface area (TPSA) is 75.5 Å². The Labute approximate surface area is 164 Å². The van der Waals surface area contributed by atoms with E-state index in [1.54, 1.807) is 4.90 Å². The lowest BCUT2D eigenvalue weighted by molar-refractivity contribution is -0.132. The van der Waals surface area contributed by atoms with Gasteiger partial charge in [0.2, 0.25) is 15.9 Å². The highest BCUT2D eigenvalue weighted by Gasteiger charge is 2.30. The van der Waals surface area contributed by atoms with Crippen LogP contribution in [-0.2, 0) is 28.3 Å². The number of sulfonamides is 1. The predicted molar refractivity (Wildman–Crippen MR) is 103 cm³/mol. The highest BCUT2D eigenvalue weighted by molar-refractivity contribution is 7.89. The summed E-state index contributed by atoms with van der Waals surface area (Å²) < 4.78 is 41.8. The highest BCUT2D eigenvalue weighted by atomic mass is 32.2. The van der Waals surface area contributed by atoms with Crippen LogP contribution in [0.25, 0.3) is 0 Å². The van der Waals surface area contributed by atoms with Gasteiger partial charge in [0, 0.05) is 45.3 Å². The summed E-state index contributed by atoms with van der Waals surface area (Å²) in [5, 5.41) is 4.36. The quantitative estimate of drug-likeness (QED) is 0.754. The summed E-state index contributed by atoms with van der Waals surface area (Å²) in [5.74, 6) is -0.582. The number of halogens is 1. The summed E-state index contributed by atoms with van der Waals surface area (Å²) in [7, 11) is -1.87. The van der Waals surface area contributed by atoms with Gasteiger partial charge in [-0.05, 0) is 44.0 Å². The van der Waals surface area contributed by atoms with Gasteiger partial charge in [-0.15, -0.1) is 0 Å². The Morgan fingerprint density at radius 1 is 1.18 bits per heavy atom. The van der Waals surface area contributed by atoms with Crippen molar-refractivity contribution in [3.63, 3.8) is 0 Å². The maximum atomic E-state index is 13.4. The Morgan fingerprint density at radius 2 is 1.86 bits per heavy atom. The zero-order valence-corrected chi connectivity index (χ0v) is 17.2. The second-order valence-corrected chi connectivity index (χ2v) is 8.95. The molecule has 28 heavy (non-hydrogen) atoms. The lowest BCUT2D eigenvalue weighted by Gasteiger charge is -2.34. The maximum absolute atomic E-state index is 13.4. The molecule has 0 aliphatic carbocycles. The molecule has 1 aromatic heterocycles. The zero-order valence-electron chi connectivity index (χ0n) is 16.4. The molecular formula is C19H25FN4O3S. The Balaban J connectivity index is 1.58. The van der Waals surface area contributed by atoms with Crippen LogP contribution < -0.4 is 0 Å². The first-order valence-corrected chi connectivity index (χ1v) is 10.7. The minimum atomic E-state index is -3.75. The van der Waals surface area contributed by atoms with Crippen molar-refractivity contribution in [1.29, 1.82) is 0 Å². The second kappa shape index (κ2) is 8.00. The molecule has 1 amide bonds. The molecule has 152 valence electrons. The van der Waals surface area contributed by atoms with Crippen LogP contribution in [0.1, 0.15) is 23.4 Å². The van der Waals surface area contributed by atoms with Crippen LogP contribution in [0, 0.1) is 19.7 Å². The van der Waals surface area contributed by atoms with Gasteiger partial charge in [0.15, 0.2) is 0 Å². The molecule has 1 aliphatic rings. The SMILES string of the molecule is Cc1nn(C)c(C)c1CCC(=O)N1CCN(S(=O)(=O)c2cccc(F)c2)CC1. The number of hydrogen-bond donors (Lipinski definition) is 0. The van der Waals surface area contributed by atoms with Gasteiger partial charge in [-0.1, -0.05) is 6.07 Å². The molecule has 2 heterocycles. The normalized spacial score (nSPS) is 15.8. The fourth-order valence-electron chi connectivity index (χ4n) is 3.52. The van der Waals surface area contributed by atoms with Gasteiger partial charge >= 0.3 is 0 Å². The Bertz CT molecular complexity index is 979. The van der Waals surface area contributed by atoms with Crippen LogP contribution in [0.4, 0.5) is 4.39 Å². The summed E-state index contributed by atoms with van der Waals surface area (Å²) in [4.78, 5) is 14.2. The highest BCUT2D eigenvalue weighted by Crippen LogP contribution is 2.19.